The molecule has 2 rings (SSSR count). The average molecular weight is 236 g/mol. The number of hydrogen-bond donors (Lipinski definition) is 2. The van der Waals surface area contributed by atoms with E-state index >= 15 is 0 Å². The third-order valence-corrected chi connectivity index (χ3v) is 2.47. The zero-order chi connectivity index (χ0) is 12.3. The van der Waals surface area contributed by atoms with Gasteiger partial charge in [-0.25, -0.2) is 4.98 Å². The molecule has 2 heterocycles. The molecule has 1 atom stereocenters. The van der Waals surface area contributed by atoms with Crippen LogP contribution >= 0.6 is 0 Å². The predicted molar refractivity (Wildman–Crippen MR) is 61.1 cm³/mol. The number of aromatic nitrogens is 1. The van der Waals surface area contributed by atoms with Crippen LogP contribution in [0.2, 0.25) is 0 Å². The Labute approximate surface area is 99.5 Å². The first kappa shape index (κ1) is 11.9. The van der Waals surface area contributed by atoms with Gasteiger partial charge in [-0.3, -0.25) is 5.32 Å². The lowest BCUT2D eigenvalue weighted by molar-refractivity contribution is 0.242. The number of rotatable bonds is 5. The number of oxazole rings is 1. The van der Waals surface area contributed by atoms with Crippen molar-refractivity contribution in [3.05, 3.63) is 41.5 Å². The van der Waals surface area contributed by atoms with Gasteiger partial charge in [-0.05, 0) is 26.0 Å². The summed E-state index contributed by atoms with van der Waals surface area (Å²) in [5, 5.41) is 12.1. The standard InChI is InChI=1S/C12H16N2O3/c1-8-5-14-12(16-8)9(2)13-6-10-3-4-11(7-15)17-10/h3-5,9,13,15H,6-7H2,1-2H3. The summed E-state index contributed by atoms with van der Waals surface area (Å²) < 4.78 is 10.8. The Morgan fingerprint density at radius 3 is 2.71 bits per heavy atom. The summed E-state index contributed by atoms with van der Waals surface area (Å²) in [5.74, 6) is 2.82. The van der Waals surface area contributed by atoms with Crippen molar-refractivity contribution >= 4 is 0 Å². The van der Waals surface area contributed by atoms with Gasteiger partial charge < -0.3 is 13.9 Å². The number of nitrogens with zero attached hydrogens (tertiary/aromatic N) is 1. The monoisotopic (exact) mass is 236 g/mol. The number of aliphatic hydroxyl groups is 1. The smallest absolute Gasteiger partial charge is 0.211 e. The Bertz CT molecular complexity index is 476. The van der Waals surface area contributed by atoms with Crippen molar-refractivity contribution in [2.45, 2.75) is 33.0 Å². The zero-order valence-corrected chi connectivity index (χ0v) is 9.93. The summed E-state index contributed by atoms with van der Waals surface area (Å²) >= 11 is 0. The molecule has 0 saturated heterocycles. The van der Waals surface area contributed by atoms with Gasteiger partial charge in [0.2, 0.25) is 5.89 Å². The van der Waals surface area contributed by atoms with Crippen molar-refractivity contribution in [1.82, 2.24) is 10.3 Å². The number of aliphatic hydroxyl groups excluding tert-OH is 1. The van der Waals surface area contributed by atoms with E-state index in [1.165, 1.54) is 0 Å². The van der Waals surface area contributed by atoms with Gasteiger partial charge >= 0.3 is 0 Å². The molecule has 17 heavy (non-hydrogen) atoms. The van der Waals surface area contributed by atoms with Crippen LogP contribution in [-0.2, 0) is 13.2 Å². The van der Waals surface area contributed by atoms with Gasteiger partial charge in [-0.15, -0.1) is 0 Å². The van der Waals surface area contributed by atoms with Crippen LogP contribution in [0, 0.1) is 6.92 Å². The van der Waals surface area contributed by atoms with Gasteiger partial charge in [0.25, 0.3) is 0 Å². The van der Waals surface area contributed by atoms with E-state index in [0.717, 1.165) is 11.5 Å². The van der Waals surface area contributed by atoms with E-state index in [0.29, 0.717) is 18.2 Å². The Balaban J connectivity index is 1.89. The van der Waals surface area contributed by atoms with Crippen molar-refractivity contribution in [3.8, 4) is 0 Å². The van der Waals surface area contributed by atoms with Crippen LogP contribution in [-0.4, -0.2) is 10.1 Å². The SMILES string of the molecule is Cc1cnc(C(C)NCc2ccc(CO)o2)o1. The molecule has 0 saturated carbocycles. The van der Waals surface area contributed by atoms with E-state index in [1.54, 1.807) is 12.3 Å². The van der Waals surface area contributed by atoms with Crippen LogP contribution < -0.4 is 5.32 Å². The van der Waals surface area contributed by atoms with E-state index in [4.69, 9.17) is 13.9 Å². The molecule has 5 nitrogen and oxygen atoms in total. The Morgan fingerprint density at radius 2 is 2.12 bits per heavy atom. The van der Waals surface area contributed by atoms with Gasteiger partial charge in [-0.2, -0.15) is 0 Å². The van der Waals surface area contributed by atoms with Crippen molar-refractivity contribution in [1.29, 1.82) is 0 Å². The Kier molecular flexibility index (Phi) is 3.61. The summed E-state index contributed by atoms with van der Waals surface area (Å²) in [5.41, 5.74) is 0. The third-order valence-electron chi connectivity index (χ3n) is 2.47. The Hall–Kier alpha value is -1.59. The molecule has 5 heteroatoms. The van der Waals surface area contributed by atoms with E-state index in [-0.39, 0.29) is 12.6 Å². The molecule has 0 bridgehead atoms. The highest BCUT2D eigenvalue weighted by Crippen LogP contribution is 2.14. The van der Waals surface area contributed by atoms with Gasteiger partial charge in [0.1, 0.15) is 23.9 Å². The fourth-order valence-corrected chi connectivity index (χ4v) is 1.52. The van der Waals surface area contributed by atoms with Gasteiger partial charge in [0.05, 0.1) is 18.8 Å². The molecule has 0 aromatic carbocycles. The Morgan fingerprint density at radius 1 is 1.35 bits per heavy atom. The molecule has 2 aromatic rings. The first-order chi connectivity index (χ1) is 8.19. The number of nitrogens with one attached hydrogen (secondary N) is 1. The van der Waals surface area contributed by atoms with Crippen LogP contribution in [0.1, 0.15) is 36.1 Å². The maximum absolute atomic E-state index is 8.87. The van der Waals surface area contributed by atoms with Crippen LogP contribution in [0.4, 0.5) is 0 Å². The molecular formula is C12H16N2O3. The van der Waals surface area contributed by atoms with Crippen LogP contribution in [0.5, 0.6) is 0 Å². The second kappa shape index (κ2) is 5.16. The molecular weight excluding hydrogens is 220 g/mol. The minimum Gasteiger partial charge on any atom is -0.462 e. The van der Waals surface area contributed by atoms with E-state index in [1.807, 2.05) is 19.9 Å². The summed E-state index contributed by atoms with van der Waals surface area (Å²) in [7, 11) is 0. The average Bonchev–Trinajstić information content (AvgIpc) is 2.94. The topological polar surface area (TPSA) is 71.4 Å². The molecule has 1 unspecified atom stereocenters. The number of aryl methyl sites for hydroxylation is 1. The molecule has 0 spiro atoms. The number of hydrogen-bond acceptors (Lipinski definition) is 5. The predicted octanol–water partition coefficient (Wildman–Crippen LogP) is 1.92. The van der Waals surface area contributed by atoms with Crippen molar-refractivity contribution in [2.75, 3.05) is 0 Å². The zero-order valence-electron chi connectivity index (χ0n) is 9.93. The van der Waals surface area contributed by atoms with E-state index in [9.17, 15) is 0 Å². The van der Waals surface area contributed by atoms with Crippen molar-refractivity contribution in [3.63, 3.8) is 0 Å². The van der Waals surface area contributed by atoms with Crippen LogP contribution in [0.3, 0.4) is 0 Å². The highest BCUT2D eigenvalue weighted by atomic mass is 16.4. The third kappa shape index (κ3) is 2.95. The molecule has 0 radical (unpaired) electrons. The molecule has 0 aliphatic heterocycles. The summed E-state index contributed by atoms with van der Waals surface area (Å²) in [6.45, 7) is 4.33. The van der Waals surface area contributed by atoms with Gasteiger partial charge in [0, 0.05) is 0 Å². The normalized spacial score (nSPS) is 12.9. The van der Waals surface area contributed by atoms with E-state index in [2.05, 4.69) is 10.3 Å². The van der Waals surface area contributed by atoms with Gasteiger partial charge in [-0.1, -0.05) is 0 Å². The minimum atomic E-state index is -0.0749. The van der Waals surface area contributed by atoms with E-state index < -0.39 is 0 Å². The molecule has 0 aliphatic carbocycles. The number of furan rings is 1. The lowest BCUT2D eigenvalue weighted by atomic mass is 10.3. The fourth-order valence-electron chi connectivity index (χ4n) is 1.52. The second-order valence-electron chi connectivity index (χ2n) is 3.94. The minimum absolute atomic E-state index is 0.0198. The lowest BCUT2D eigenvalue weighted by Crippen LogP contribution is -2.17. The molecule has 2 N–H and O–H groups in total. The first-order valence-corrected chi connectivity index (χ1v) is 5.53. The maximum atomic E-state index is 8.87. The van der Waals surface area contributed by atoms with Gasteiger partial charge in [0.15, 0.2) is 0 Å². The second-order valence-corrected chi connectivity index (χ2v) is 3.94. The fraction of sp³-hybridized carbons (Fsp3) is 0.417. The van der Waals surface area contributed by atoms with Crippen molar-refractivity contribution < 1.29 is 13.9 Å². The van der Waals surface area contributed by atoms with Crippen LogP contribution in [0.25, 0.3) is 0 Å². The molecule has 92 valence electrons. The molecule has 0 aliphatic rings. The molecule has 2 aromatic heterocycles. The molecule has 0 fully saturated rings. The largest absolute Gasteiger partial charge is 0.462 e. The van der Waals surface area contributed by atoms with Crippen molar-refractivity contribution in [2.24, 2.45) is 0 Å². The highest BCUT2D eigenvalue weighted by molar-refractivity contribution is 5.06. The lowest BCUT2D eigenvalue weighted by Gasteiger charge is -2.08. The maximum Gasteiger partial charge on any atom is 0.211 e. The first-order valence-electron chi connectivity index (χ1n) is 5.53. The summed E-state index contributed by atoms with van der Waals surface area (Å²) in [6, 6.07) is 3.62. The van der Waals surface area contributed by atoms with Crippen LogP contribution in [0.15, 0.2) is 27.2 Å². The highest BCUT2D eigenvalue weighted by Gasteiger charge is 2.11. The summed E-state index contributed by atoms with van der Waals surface area (Å²) in [6.07, 6.45) is 1.70. The molecule has 0 amide bonds. The quantitative estimate of drug-likeness (QED) is 0.829. The summed E-state index contributed by atoms with van der Waals surface area (Å²) in [4.78, 5) is 4.15.